The summed E-state index contributed by atoms with van der Waals surface area (Å²) in [6.45, 7) is 8.22. The Bertz CT molecular complexity index is 790. The lowest BCUT2D eigenvalue weighted by Crippen LogP contribution is -2.50. The molecule has 0 radical (unpaired) electrons. The fraction of sp³-hybridized carbons (Fsp3) is 0.500. The molecule has 4 nitrogen and oxygen atoms in total. The van der Waals surface area contributed by atoms with Gasteiger partial charge in [0.1, 0.15) is 5.54 Å². The molecular weight excluding hydrogens is 324 g/mol. The third-order valence-corrected chi connectivity index (χ3v) is 5.75. The molecule has 0 amide bonds. The van der Waals surface area contributed by atoms with Crippen molar-refractivity contribution in [2.24, 2.45) is 5.41 Å². The van der Waals surface area contributed by atoms with Gasteiger partial charge in [0, 0.05) is 36.8 Å². The molecule has 2 fully saturated rings. The Labute approximate surface area is 155 Å². The maximum Gasteiger partial charge on any atom is 0.328 e. The van der Waals surface area contributed by atoms with Crippen LogP contribution < -0.4 is 0 Å². The molecule has 0 unspecified atom stereocenters. The van der Waals surface area contributed by atoms with Crippen molar-refractivity contribution >= 4 is 5.97 Å². The highest BCUT2D eigenvalue weighted by molar-refractivity contribution is 5.84. The molecule has 0 spiro atoms. The third kappa shape index (κ3) is 2.86. The molecule has 2 atom stereocenters. The maximum atomic E-state index is 13.0. The summed E-state index contributed by atoms with van der Waals surface area (Å²) in [6.07, 6.45) is 4.64. The van der Waals surface area contributed by atoms with Crippen LogP contribution >= 0.6 is 0 Å². The van der Waals surface area contributed by atoms with Gasteiger partial charge in [0.05, 0.1) is 0 Å². The molecule has 1 aromatic heterocycles. The molecule has 0 N–H and O–H groups in total. The van der Waals surface area contributed by atoms with Crippen LogP contribution in [0.1, 0.15) is 44.9 Å². The zero-order valence-corrected chi connectivity index (χ0v) is 15.9. The molecule has 2 aromatic rings. The molecule has 26 heavy (non-hydrogen) atoms. The zero-order valence-electron chi connectivity index (χ0n) is 15.9. The summed E-state index contributed by atoms with van der Waals surface area (Å²) in [5.41, 5.74) is 1.90. The normalized spacial score (nSPS) is 26.1. The molecule has 2 aliphatic heterocycles. The summed E-state index contributed by atoms with van der Waals surface area (Å²) in [7, 11) is 0. The highest BCUT2D eigenvalue weighted by Gasteiger charge is 2.60. The van der Waals surface area contributed by atoms with Gasteiger partial charge in [0.25, 0.3) is 0 Å². The van der Waals surface area contributed by atoms with E-state index in [9.17, 15) is 4.79 Å². The average Bonchev–Trinajstić information content (AvgIpc) is 3.26. The Morgan fingerprint density at radius 2 is 1.92 bits per heavy atom. The molecule has 138 valence electrons. The average molecular weight is 352 g/mol. The van der Waals surface area contributed by atoms with Gasteiger partial charge in [-0.25, -0.2) is 4.79 Å². The number of nitrogens with zero attached hydrogens (tertiary/aromatic N) is 2. The summed E-state index contributed by atoms with van der Waals surface area (Å²) in [5, 5.41) is 0. The van der Waals surface area contributed by atoms with Crippen LogP contribution in [0.15, 0.2) is 48.7 Å². The Kier molecular flexibility index (Phi) is 4.19. The summed E-state index contributed by atoms with van der Waals surface area (Å²) < 4.78 is 8.14. The lowest BCUT2D eigenvalue weighted by atomic mass is 9.88. The Hall–Kier alpha value is -2.07. The van der Waals surface area contributed by atoms with E-state index in [-0.39, 0.29) is 17.6 Å². The number of ether oxygens (including phenoxy) is 1. The number of cyclic esters (lactones) is 1. The lowest BCUT2D eigenvalue weighted by Gasteiger charge is -2.35. The lowest BCUT2D eigenvalue weighted by molar-refractivity contribution is -0.149. The van der Waals surface area contributed by atoms with Gasteiger partial charge < -0.3 is 9.30 Å². The van der Waals surface area contributed by atoms with Gasteiger partial charge in [-0.2, -0.15) is 0 Å². The van der Waals surface area contributed by atoms with Crippen LogP contribution in [0, 0.1) is 5.41 Å². The van der Waals surface area contributed by atoms with Crippen molar-refractivity contribution in [1.82, 2.24) is 9.47 Å². The molecule has 1 aromatic carbocycles. The number of carbonyl (C=O) groups is 1. The first-order chi connectivity index (χ1) is 12.4. The second kappa shape index (κ2) is 6.27. The minimum absolute atomic E-state index is 0.0395. The van der Waals surface area contributed by atoms with E-state index in [1.165, 1.54) is 11.3 Å². The minimum atomic E-state index is -0.495. The number of hydrogen-bond donors (Lipinski definition) is 0. The second-order valence-electron chi connectivity index (χ2n) is 8.74. The Morgan fingerprint density at radius 1 is 1.15 bits per heavy atom. The van der Waals surface area contributed by atoms with Crippen molar-refractivity contribution in [3.05, 3.63) is 59.9 Å². The zero-order chi connectivity index (χ0) is 18.4. The number of aromatic nitrogens is 1. The molecule has 0 bridgehead atoms. The number of rotatable bonds is 4. The minimum Gasteiger partial charge on any atom is -0.444 e. The smallest absolute Gasteiger partial charge is 0.328 e. The van der Waals surface area contributed by atoms with E-state index in [0.717, 1.165) is 32.4 Å². The van der Waals surface area contributed by atoms with Crippen molar-refractivity contribution in [1.29, 1.82) is 0 Å². The topological polar surface area (TPSA) is 34.5 Å². The number of carbonyl (C=O) groups excluding carboxylic acids is 1. The number of esters is 1. The summed E-state index contributed by atoms with van der Waals surface area (Å²) in [4.78, 5) is 15.3. The second-order valence-corrected chi connectivity index (χ2v) is 8.74. The molecule has 3 heterocycles. The van der Waals surface area contributed by atoms with Crippen molar-refractivity contribution in [3.63, 3.8) is 0 Å². The number of benzene rings is 1. The van der Waals surface area contributed by atoms with Crippen LogP contribution in [-0.2, 0) is 22.5 Å². The van der Waals surface area contributed by atoms with Crippen LogP contribution in [0.3, 0.4) is 0 Å². The maximum absolute atomic E-state index is 13.0. The largest absolute Gasteiger partial charge is 0.444 e. The van der Waals surface area contributed by atoms with E-state index < -0.39 is 5.54 Å². The SMILES string of the molecule is CC(C)(C)[C@H]1OC(=O)[C@]2(Cc3cccn3Cc3ccccc3)CCCN12. The molecule has 2 saturated heterocycles. The van der Waals surface area contributed by atoms with Gasteiger partial charge >= 0.3 is 5.97 Å². The fourth-order valence-corrected chi connectivity index (χ4v) is 4.49. The van der Waals surface area contributed by atoms with Crippen LogP contribution in [0.2, 0.25) is 0 Å². The van der Waals surface area contributed by atoms with E-state index >= 15 is 0 Å². The standard InChI is InChI=1S/C22H28N2O2/c1-21(2,3)19-24-14-8-12-22(24,20(25)26-19)15-18-11-7-13-23(18)16-17-9-5-4-6-10-17/h4-7,9-11,13,19H,8,12,14-16H2,1-3H3/t19-,22-/m1/s1. The van der Waals surface area contributed by atoms with E-state index in [0.29, 0.717) is 0 Å². The van der Waals surface area contributed by atoms with Gasteiger partial charge in [-0.05, 0) is 30.5 Å². The first-order valence-corrected chi connectivity index (χ1v) is 9.56. The molecular formula is C22H28N2O2. The molecule has 4 heteroatoms. The van der Waals surface area contributed by atoms with Gasteiger partial charge in [0.2, 0.25) is 0 Å². The third-order valence-electron chi connectivity index (χ3n) is 5.75. The van der Waals surface area contributed by atoms with E-state index in [1.54, 1.807) is 0 Å². The first-order valence-electron chi connectivity index (χ1n) is 9.56. The molecule has 0 saturated carbocycles. The summed E-state index contributed by atoms with van der Waals surface area (Å²) in [5.74, 6) is -0.0395. The number of fused-ring (bicyclic) bond motifs is 1. The predicted octanol–water partition coefficient (Wildman–Crippen LogP) is 3.84. The van der Waals surface area contributed by atoms with Gasteiger partial charge in [-0.1, -0.05) is 51.1 Å². The van der Waals surface area contributed by atoms with E-state index in [4.69, 9.17) is 4.74 Å². The monoisotopic (exact) mass is 352 g/mol. The highest BCUT2D eigenvalue weighted by atomic mass is 16.6. The van der Waals surface area contributed by atoms with Gasteiger partial charge in [-0.3, -0.25) is 4.90 Å². The molecule has 2 aliphatic rings. The fourth-order valence-electron chi connectivity index (χ4n) is 4.49. The van der Waals surface area contributed by atoms with Crippen LogP contribution in [0.25, 0.3) is 0 Å². The van der Waals surface area contributed by atoms with Crippen molar-refractivity contribution < 1.29 is 9.53 Å². The Morgan fingerprint density at radius 3 is 2.65 bits per heavy atom. The van der Waals surface area contributed by atoms with Crippen molar-refractivity contribution in [2.75, 3.05) is 6.54 Å². The van der Waals surface area contributed by atoms with Crippen molar-refractivity contribution in [2.45, 2.75) is 58.3 Å². The van der Waals surface area contributed by atoms with E-state index in [2.05, 4.69) is 72.8 Å². The first kappa shape index (κ1) is 17.3. The number of hydrogen-bond acceptors (Lipinski definition) is 3. The van der Waals surface area contributed by atoms with Crippen LogP contribution in [0.5, 0.6) is 0 Å². The van der Waals surface area contributed by atoms with E-state index in [1.807, 2.05) is 6.07 Å². The van der Waals surface area contributed by atoms with Crippen LogP contribution in [-0.4, -0.2) is 33.7 Å². The van der Waals surface area contributed by atoms with Crippen LogP contribution in [0.4, 0.5) is 0 Å². The van der Waals surface area contributed by atoms with Gasteiger partial charge in [0.15, 0.2) is 6.23 Å². The van der Waals surface area contributed by atoms with Gasteiger partial charge in [-0.15, -0.1) is 0 Å². The highest BCUT2D eigenvalue weighted by Crippen LogP contribution is 2.45. The Balaban J connectivity index is 1.61. The predicted molar refractivity (Wildman–Crippen MR) is 102 cm³/mol. The van der Waals surface area contributed by atoms with Crippen molar-refractivity contribution in [3.8, 4) is 0 Å². The summed E-state index contributed by atoms with van der Waals surface area (Å²) in [6, 6.07) is 14.7. The molecule has 0 aliphatic carbocycles. The quantitative estimate of drug-likeness (QED) is 0.784. The summed E-state index contributed by atoms with van der Waals surface area (Å²) >= 11 is 0. The molecule has 4 rings (SSSR count).